The van der Waals surface area contributed by atoms with Gasteiger partial charge in [0.25, 0.3) is 11.8 Å². The van der Waals surface area contributed by atoms with Crippen LogP contribution in [0.3, 0.4) is 0 Å². The summed E-state index contributed by atoms with van der Waals surface area (Å²) >= 11 is 1.11. The van der Waals surface area contributed by atoms with Gasteiger partial charge in [-0.2, -0.15) is 9.06 Å². The summed E-state index contributed by atoms with van der Waals surface area (Å²) in [4.78, 5) is 32.4. The van der Waals surface area contributed by atoms with Gasteiger partial charge in [-0.15, -0.1) is 5.10 Å². The third-order valence-corrected chi connectivity index (χ3v) is 6.49. The molecule has 0 atom stereocenters. The van der Waals surface area contributed by atoms with Crippen molar-refractivity contribution in [1.29, 1.82) is 0 Å². The molecule has 184 valence electrons. The molecular formula is C24H26N4O6S. The van der Waals surface area contributed by atoms with Crippen molar-refractivity contribution in [3.05, 3.63) is 52.3 Å². The molecule has 0 radical (unpaired) electrons. The van der Waals surface area contributed by atoms with Crippen LogP contribution in [0.15, 0.2) is 41.4 Å². The molecule has 1 aliphatic rings. The normalized spacial score (nSPS) is 13.6. The van der Waals surface area contributed by atoms with Crippen LogP contribution < -0.4 is 23.6 Å². The maximum absolute atomic E-state index is 13.2. The fourth-order valence-electron chi connectivity index (χ4n) is 3.74. The number of methoxy groups -OCH3 is 4. The predicted octanol–water partition coefficient (Wildman–Crippen LogP) is 2.95. The first-order chi connectivity index (χ1) is 17.0. The van der Waals surface area contributed by atoms with Crippen LogP contribution in [-0.2, 0) is 0 Å². The van der Waals surface area contributed by atoms with E-state index < -0.39 is 5.91 Å². The number of ether oxygens (including phenoxy) is 4. The van der Waals surface area contributed by atoms with Gasteiger partial charge in [0.05, 0.1) is 34.1 Å². The molecule has 10 nitrogen and oxygen atoms in total. The smallest absolute Gasteiger partial charge is 0.278 e. The van der Waals surface area contributed by atoms with Gasteiger partial charge in [-0.25, -0.2) is 0 Å². The number of hydrogen-bond acceptors (Lipinski definition) is 8. The van der Waals surface area contributed by atoms with Crippen LogP contribution in [0, 0.1) is 0 Å². The number of nitrogens with zero attached hydrogens (tertiary/aromatic N) is 4. The monoisotopic (exact) mass is 498 g/mol. The highest BCUT2D eigenvalue weighted by atomic mass is 32.1. The molecule has 1 saturated heterocycles. The standard InChI is InChI=1S/C24H26N4O6S/c1-31-17-9-7-16(8-10-17)28-26-20(24(30)27-11-5-6-12-27)23(35-28)25-22(29)15-13-18(32-2)21(34-4)19(14-15)33-3/h7-10,13-14H,5-6,11-12H2,1-4H3. The summed E-state index contributed by atoms with van der Waals surface area (Å²) in [5.41, 5.74) is 1.07. The van der Waals surface area contributed by atoms with Gasteiger partial charge >= 0.3 is 0 Å². The SMILES string of the molecule is COc1ccc(-n2nc(C(=O)N3CCCC3)c(=NC(=O)c3cc(OC)c(OC)c(OC)c3)s2)cc1. The third kappa shape index (κ3) is 4.99. The molecule has 11 heteroatoms. The predicted molar refractivity (Wildman–Crippen MR) is 129 cm³/mol. The van der Waals surface area contributed by atoms with Gasteiger partial charge in [-0.05, 0) is 60.8 Å². The summed E-state index contributed by atoms with van der Waals surface area (Å²) < 4.78 is 23.0. The molecule has 0 spiro atoms. The van der Waals surface area contributed by atoms with Gasteiger partial charge in [0.2, 0.25) is 5.75 Å². The largest absolute Gasteiger partial charge is 0.497 e. The van der Waals surface area contributed by atoms with E-state index in [0.29, 0.717) is 41.8 Å². The molecule has 3 aromatic rings. The molecule has 0 saturated carbocycles. The number of aromatic nitrogens is 2. The third-order valence-electron chi connectivity index (χ3n) is 5.57. The molecule has 0 aliphatic carbocycles. The maximum atomic E-state index is 13.2. The Morgan fingerprint density at radius 3 is 2.09 bits per heavy atom. The minimum atomic E-state index is -0.565. The van der Waals surface area contributed by atoms with Crippen LogP contribution in [0.1, 0.15) is 33.7 Å². The average Bonchev–Trinajstić information content (AvgIpc) is 3.58. The lowest BCUT2D eigenvalue weighted by Gasteiger charge is -2.13. The summed E-state index contributed by atoms with van der Waals surface area (Å²) in [6.07, 6.45) is 1.87. The lowest BCUT2D eigenvalue weighted by atomic mass is 10.1. The van der Waals surface area contributed by atoms with E-state index >= 15 is 0 Å². The van der Waals surface area contributed by atoms with E-state index in [0.717, 1.165) is 24.4 Å². The maximum Gasteiger partial charge on any atom is 0.278 e. The van der Waals surface area contributed by atoms with E-state index in [2.05, 4.69) is 10.1 Å². The number of rotatable bonds is 7. The zero-order valence-corrected chi connectivity index (χ0v) is 20.8. The summed E-state index contributed by atoms with van der Waals surface area (Å²) in [5, 5.41) is 4.51. The van der Waals surface area contributed by atoms with Crippen LogP contribution in [-0.4, -0.2) is 67.4 Å². The van der Waals surface area contributed by atoms with Crippen molar-refractivity contribution in [2.45, 2.75) is 12.8 Å². The second-order valence-electron chi connectivity index (χ2n) is 7.65. The van der Waals surface area contributed by atoms with Crippen LogP contribution in [0.4, 0.5) is 0 Å². The Bertz CT molecular complexity index is 1270. The van der Waals surface area contributed by atoms with E-state index in [1.165, 1.54) is 33.5 Å². The number of benzene rings is 2. The van der Waals surface area contributed by atoms with Gasteiger partial charge in [0.1, 0.15) is 5.75 Å². The van der Waals surface area contributed by atoms with Gasteiger partial charge in [0, 0.05) is 18.7 Å². The number of carbonyl (C=O) groups excluding carboxylic acids is 2. The van der Waals surface area contributed by atoms with E-state index in [1.54, 1.807) is 28.2 Å². The summed E-state index contributed by atoms with van der Waals surface area (Å²) in [6, 6.07) is 10.3. The number of carbonyl (C=O) groups is 2. The van der Waals surface area contributed by atoms with Gasteiger partial charge in [-0.3, -0.25) is 9.59 Å². The van der Waals surface area contributed by atoms with Crippen molar-refractivity contribution in [3.8, 4) is 28.7 Å². The molecule has 2 heterocycles. The highest BCUT2D eigenvalue weighted by Crippen LogP contribution is 2.38. The van der Waals surface area contributed by atoms with E-state index in [-0.39, 0.29) is 21.8 Å². The molecule has 0 bridgehead atoms. The minimum Gasteiger partial charge on any atom is -0.497 e. The zero-order chi connectivity index (χ0) is 24.9. The Balaban J connectivity index is 1.79. The van der Waals surface area contributed by atoms with Crippen LogP contribution >= 0.6 is 11.5 Å². The van der Waals surface area contributed by atoms with Crippen molar-refractivity contribution < 1.29 is 28.5 Å². The first kappa shape index (κ1) is 24.3. The molecule has 2 aromatic carbocycles. The highest BCUT2D eigenvalue weighted by Gasteiger charge is 2.25. The second kappa shape index (κ2) is 10.6. The Kier molecular flexibility index (Phi) is 7.35. The molecule has 4 rings (SSSR count). The molecule has 35 heavy (non-hydrogen) atoms. The quantitative estimate of drug-likeness (QED) is 0.493. The lowest BCUT2D eigenvalue weighted by Crippen LogP contribution is -2.31. The number of hydrogen-bond donors (Lipinski definition) is 0. The van der Waals surface area contributed by atoms with Crippen LogP contribution in [0.5, 0.6) is 23.0 Å². The van der Waals surface area contributed by atoms with Crippen molar-refractivity contribution in [1.82, 2.24) is 14.1 Å². The van der Waals surface area contributed by atoms with Gasteiger partial charge in [-0.1, -0.05) is 0 Å². The van der Waals surface area contributed by atoms with Crippen LogP contribution in [0.2, 0.25) is 0 Å². The first-order valence-corrected chi connectivity index (χ1v) is 11.7. The molecule has 1 aliphatic heterocycles. The molecule has 2 amide bonds. The Hall–Kier alpha value is -3.86. The molecule has 1 fully saturated rings. The highest BCUT2D eigenvalue weighted by molar-refractivity contribution is 7.04. The van der Waals surface area contributed by atoms with E-state index in [1.807, 2.05) is 12.1 Å². The topological polar surface area (TPSA) is 104 Å². The minimum absolute atomic E-state index is 0.133. The van der Waals surface area contributed by atoms with Gasteiger partial charge < -0.3 is 23.8 Å². The van der Waals surface area contributed by atoms with Crippen molar-refractivity contribution in [3.63, 3.8) is 0 Å². The molecule has 0 unspecified atom stereocenters. The van der Waals surface area contributed by atoms with E-state index in [9.17, 15) is 9.59 Å². The fourth-order valence-corrected chi connectivity index (χ4v) is 4.59. The van der Waals surface area contributed by atoms with Crippen molar-refractivity contribution in [2.75, 3.05) is 41.5 Å². The fraction of sp³-hybridized carbons (Fsp3) is 0.333. The molecular weight excluding hydrogens is 472 g/mol. The summed E-state index contributed by atoms with van der Waals surface area (Å²) in [7, 11) is 6.01. The van der Waals surface area contributed by atoms with Crippen LogP contribution in [0.25, 0.3) is 5.69 Å². The molecule has 0 N–H and O–H groups in total. The van der Waals surface area contributed by atoms with Crippen molar-refractivity contribution >= 4 is 23.3 Å². The Morgan fingerprint density at radius 2 is 1.54 bits per heavy atom. The van der Waals surface area contributed by atoms with Crippen molar-refractivity contribution in [2.24, 2.45) is 4.99 Å². The number of amides is 2. The first-order valence-electron chi connectivity index (χ1n) is 10.9. The van der Waals surface area contributed by atoms with E-state index in [4.69, 9.17) is 18.9 Å². The zero-order valence-electron chi connectivity index (χ0n) is 19.9. The summed E-state index contributed by atoms with van der Waals surface area (Å²) in [6.45, 7) is 1.30. The lowest BCUT2D eigenvalue weighted by molar-refractivity contribution is 0.0785. The average molecular weight is 499 g/mol. The molecule has 1 aromatic heterocycles. The summed E-state index contributed by atoms with van der Waals surface area (Å²) in [5.74, 6) is 0.911. The second-order valence-corrected chi connectivity index (χ2v) is 8.56. The Morgan fingerprint density at radius 1 is 0.914 bits per heavy atom. The number of likely N-dealkylation sites (tertiary alicyclic amines) is 1. The Labute approximate surface area is 206 Å². The van der Waals surface area contributed by atoms with Gasteiger partial charge in [0.15, 0.2) is 21.9 Å².